The van der Waals surface area contributed by atoms with E-state index >= 15 is 0 Å². The van der Waals surface area contributed by atoms with Crippen molar-refractivity contribution >= 4 is 5.71 Å². The fourth-order valence-electron chi connectivity index (χ4n) is 1.20. The second kappa shape index (κ2) is 4.62. The predicted molar refractivity (Wildman–Crippen MR) is 51.6 cm³/mol. The van der Waals surface area contributed by atoms with Crippen molar-refractivity contribution < 1.29 is 9.94 Å². The summed E-state index contributed by atoms with van der Waals surface area (Å²) in [6, 6.07) is 7.56. The van der Waals surface area contributed by atoms with E-state index in [2.05, 4.69) is 9.99 Å². The molecule has 0 amide bonds. The Kier molecular flexibility index (Phi) is 3.46. The van der Waals surface area contributed by atoms with E-state index in [1.54, 1.807) is 0 Å². The molecule has 0 heterocycles. The van der Waals surface area contributed by atoms with Gasteiger partial charge in [0.25, 0.3) is 0 Å². The summed E-state index contributed by atoms with van der Waals surface area (Å²) in [7, 11) is 1.51. The Morgan fingerprint density at radius 1 is 1.46 bits per heavy atom. The van der Waals surface area contributed by atoms with Crippen molar-refractivity contribution in [1.29, 1.82) is 0 Å². The largest absolute Gasteiger partial charge is 0.399 e. The fourth-order valence-corrected chi connectivity index (χ4v) is 1.20. The minimum Gasteiger partial charge on any atom is -0.399 e. The van der Waals surface area contributed by atoms with Gasteiger partial charge in [-0.2, -0.15) is 0 Å². The number of oxime groups is 1. The monoisotopic (exact) mass is 179 g/mol. The van der Waals surface area contributed by atoms with Gasteiger partial charge in [0.15, 0.2) is 0 Å². The second-order valence-electron chi connectivity index (χ2n) is 2.67. The van der Waals surface area contributed by atoms with Crippen molar-refractivity contribution in [3.8, 4) is 0 Å². The van der Waals surface area contributed by atoms with Crippen LogP contribution in [-0.2, 0) is 11.4 Å². The lowest BCUT2D eigenvalue weighted by atomic mass is 10.0. The molecule has 0 spiro atoms. The Morgan fingerprint density at radius 2 is 2.15 bits per heavy atom. The highest BCUT2D eigenvalue weighted by atomic mass is 16.6. The molecule has 0 radical (unpaired) electrons. The smallest absolute Gasteiger partial charge is 0.106 e. The molecular formula is C10H13NO2. The fraction of sp³-hybridized carbons (Fsp3) is 0.300. The van der Waals surface area contributed by atoms with E-state index < -0.39 is 0 Å². The van der Waals surface area contributed by atoms with Gasteiger partial charge in [0.1, 0.15) is 7.11 Å². The number of aliphatic hydroxyl groups excluding tert-OH is 1. The molecule has 1 rings (SSSR count). The van der Waals surface area contributed by atoms with Crippen LogP contribution >= 0.6 is 0 Å². The zero-order valence-electron chi connectivity index (χ0n) is 7.82. The molecule has 0 atom stereocenters. The summed E-state index contributed by atoms with van der Waals surface area (Å²) in [5, 5.41) is 12.8. The Hall–Kier alpha value is -1.35. The topological polar surface area (TPSA) is 41.8 Å². The summed E-state index contributed by atoms with van der Waals surface area (Å²) in [4.78, 5) is 4.66. The van der Waals surface area contributed by atoms with Crippen LogP contribution in [0.2, 0.25) is 0 Å². The minimum absolute atomic E-state index is 0.0206. The number of hydrogen-bond acceptors (Lipinski definition) is 3. The van der Waals surface area contributed by atoms with Crippen LogP contribution in [0.3, 0.4) is 0 Å². The zero-order valence-corrected chi connectivity index (χ0v) is 7.82. The second-order valence-corrected chi connectivity index (χ2v) is 2.67. The van der Waals surface area contributed by atoms with Crippen molar-refractivity contribution in [1.82, 2.24) is 0 Å². The summed E-state index contributed by atoms with van der Waals surface area (Å²) in [6.07, 6.45) is 0. The highest BCUT2D eigenvalue weighted by Gasteiger charge is 2.03. The van der Waals surface area contributed by atoms with Gasteiger partial charge in [-0.25, -0.2) is 0 Å². The Balaban J connectivity index is 3.05. The van der Waals surface area contributed by atoms with Crippen molar-refractivity contribution in [3.63, 3.8) is 0 Å². The van der Waals surface area contributed by atoms with Gasteiger partial charge >= 0.3 is 0 Å². The molecule has 1 N–H and O–H groups in total. The average molecular weight is 179 g/mol. The lowest BCUT2D eigenvalue weighted by molar-refractivity contribution is 0.213. The maximum Gasteiger partial charge on any atom is 0.106 e. The van der Waals surface area contributed by atoms with Gasteiger partial charge < -0.3 is 9.94 Å². The zero-order chi connectivity index (χ0) is 9.68. The normalized spacial score (nSPS) is 11.5. The molecule has 13 heavy (non-hydrogen) atoms. The predicted octanol–water partition coefficient (Wildman–Crippen LogP) is 1.55. The van der Waals surface area contributed by atoms with Gasteiger partial charge in [-0.1, -0.05) is 29.4 Å². The number of nitrogens with zero attached hydrogens (tertiary/aromatic N) is 1. The molecule has 0 fully saturated rings. The van der Waals surface area contributed by atoms with Gasteiger partial charge in [0, 0.05) is 5.56 Å². The van der Waals surface area contributed by atoms with E-state index in [1.165, 1.54) is 7.11 Å². The summed E-state index contributed by atoms with van der Waals surface area (Å²) in [5.74, 6) is 0. The van der Waals surface area contributed by atoms with Crippen LogP contribution < -0.4 is 0 Å². The van der Waals surface area contributed by atoms with Crippen LogP contribution in [0.1, 0.15) is 18.1 Å². The quantitative estimate of drug-likeness (QED) is 0.565. The van der Waals surface area contributed by atoms with Crippen molar-refractivity contribution in [2.24, 2.45) is 5.16 Å². The molecule has 0 aliphatic rings. The maximum absolute atomic E-state index is 9.04. The minimum atomic E-state index is 0.0206. The first-order valence-electron chi connectivity index (χ1n) is 4.06. The van der Waals surface area contributed by atoms with Crippen LogP contribution in [0.4, 0.5) is 0 Å². The van der Waals surface area contributed by atoms with E-state index in [4.69, 9.17) is 5.11 Å². The highest BCUT2D eigenvalue weighted by molar-refractivity contribution is 5.99. The highest BCUT2D eigenvalue weighted by Crippen LogP contribution is 2.09. The van der Waals surface area contributed by atoms with Gasteiger partial charge in [-0.3, -0.25) is 0 Å². The molecule has 0 unspecified atom stereocenters. The third-order valence-electron chi connectivity index (χ3n) is 1.81. The number of hydrogen-bond donors (Lipinski definition) is 1. The van der Waals surface area contributed by atoms with Crippen molar-refractivity contribution in [3.05, 3.63) is 35.4 Å². The van der Waals surface area contributed by atoms with Gasteiger partial charge in [-0.05, 0) is 12.5 Å². The maximum atomic E-state index is 9.04. The molecule has 1 aromatic rings. The van der Waals surface area contributed by atoms with E-state index in [1.807, 2.05) is 31.2 Å². The van der Waals surface area contributed by atoms with Crippen molar-refractivity contribution in [2.45, 2.75) is 13.5 Å². The first-order chi connectivity index (χ1) is 6.29. The SMILES string of the molecule is CON=C(C)c1ccccc1CO. The van der Waals surface area contributed by atoms with E-state index in [-0.39, 0.29) is 6.61 Å². The molecule has 3 nitrogen and oxygen atoms in total. The van der Waals surface area contributed by atoms with Crippen LogP contribution in [0.15, 0.2) is 29.4 Å². The molecule has 70 valence electrons. The van der Waals surface area contributed by atoms with Crippen LogP contribution in [0.5, 0.6) is 0 Å². The van der Waals surface area contributed by atoms with Crippen LogP contribution in [0.25, 0.3) is 0 Å². The molecule has 0 bridgehead atoms. The first kappa shape index (κ1) is 9.74. The molecule has 0 saturated carbocycles. The third-order valence-corrected chi connectivity index (χ3v) is 1.81. The molecular weight excluding hydrogens is 166 g/mol. The Morgan fingerprint density at radius 3 is 2.77 bits per heavy atom. The molecule has 0 aliphatic carbocycles. The number of rotatable bonds is 3. The summed E-state index contributed by atoms with van der Waals surface area (Å²) >= 11 is 0. The third kappa shape index (κ3) is 2.29. The Bertz CT molecular complexity index is 308. The first-order valence-corrected chi connectivity index (χ1v) is 4.06. The summed E-state index contributed by atoms with van der Waals surface area (Å²) in [5.41, 5.74) is 2.56. The summed E-state index contributed by atoms with van der Waals surface area (Å²) < 4.78 is 0. The van der Waals surface area contributed by atoms with E-state index in [9.17, 15) is 0 Å². The van der Waals surface area contributed by atoms with Gasteiger partial charge in [0.2, 0.25) is 0 Å². The van der Waals surface area contributed by atoms with E-state index in [0.29, 0.717) is 0 Å². The van der Waals surface area contributed by atoms with E-state index in [0.717, 1.165) is 16.8 Å². The molecule has 0 aliphatic heterocycles. The average Bonchev–Trinajstić information content (AvgIpc) is 2.18. The number of benzene rings is 1. The standard InChI is InChI=1S/C10H13NO2/c1-8(11-13-2)10-6-4-3-5-9(10)7-12/h3-6,12H,7H2,1-2H3. The lowest BCUT2D eigenvalue weighted by Gasteiger charge is -2.04. The molecule has 0 aromatic heterocycles. The lowest BCUT2D eigenvalue weighted by Crippen LogP contribution is -2.00. The molecule has 1 aromatic carbocycles. The van der Waals surface area contributed by atoms with Crippen LogP contribution in [-0.4, -0.2) is 17.9 Å². The molecule has 3 heteroatoms. The van der Waals surface area contributed by atoms with Gasteiger partial charge in [-0.15, -0.1) is 0 Å². The van der Waals surface area contributed by atoms with Gasteiger partial charge in [0.05, 0.1) is 12.3 Å². The van der Waals surface area contributed by atoms with Crippen molar-refractivity contribution in [2.75, 3.05) is 7.11 Å². The Labute approximate surface area is 77.6 Å². The molecule has 0 saturated heterocycles. The summed E-state index contributed by atoms with van der Waals surface area (Å²) in [6.45, 7) is 1.87. The van der Waals surface area contributed by atoms with Crippen LogP contribution in [0, 0.1) is 0 Å². The number of aliphatic hydroxyl groups is 1.